The summed E-state index contributed by atoms with van der Waals surface area (Å²) in [5.41, 5.74) is 3.79. The van der Waals surface area contributed by atoms with Gasteiger partial charge in [-0.1, -0.05) is 47.7 Å². The predicted octanol–water partition coefficient (Wildman–Crippen LogP) is 4.09. The van der Waals surface area contributed by atoms with E-state index in [4.69, 9.17) is 0 Å². The normalized spacial score (nSPS) is 13.0. The summed E-state index contributed by atoms with van der Waals surface area (Å²) in [6.45, 7) is 2.98. The van der Waals surface area contributed by atoms with Crippen molar-refractivity contribution in [2.75, 3.05) is 11.9 Å². The quantitative estimate of drug-likeness (QED) is 0.515. The topological polar surface area (TPSA) is 80.1 Å². The molecule has 0 bridgehead atoms. The zero-order chi connectivity index (χ0) is 22.1. The molecule has 7 nitrogen and oxygen atoms in total. The highest BCUT2D eigenvalue weighted by Gasteiger charge is 2.26. The molecular formula is C24H21N5O2S. The number of rotatable bonds is 4. The van der Waals surface area contributed by atoms with Crippen molar-refractivity contribution in [1.29, 1.82) is 0 Å². The van der Waals surface area contributed by atoms with Crippen LogP contribution in [0, 0.1) is 6.92 Å². The minimum absolute atomic E-state index is 0.0131. The number of carbonyl (C=O) groups excluding carboxylic acids is 2. The third kappa shape index (κ3) is 3.80. The second-order valence-corrected chi connectivity index (χ2v) is 8.66. The van der Waals surface area contributed by atoms with Crippen LogP contribution >= 0.6 is 11.3 Å². The molecule has 5 rings (SSSR count). The summed E-state index contributed by atoms with van der Waals surface area (Å²) < 4.78 is 1.74. The fraction of sp³-hybridized carbons (Fsp3) is 0.167. The molecule has 0 saturated carbocycles. The van der Waals surface area contributed by atoms with Crippen LogP contribution in [0.3, 0.4) is 0 Å². The number of nitrogens with zero attached hydrogens (tertiary/aromatic N) is 4. The van der Waals surface area contributed by atoms with Crippen molar-refractivity contribution in [3.8, 4) is 5.69 Å². The molecular weight excluding hydrogens is 422 g/mol. The Morgan fingerprint density at radius 1 is 1.03 bits per heavy atom. The lowest BCUT2D eigenvalue weighted by Gasteiger charge is -2.26. The summed E-state index contributed by atoms with van der Waals surface area (Å²) in [7, 11) is 0. The molecule has 0 fully saturated rings. The van der Waals surface area contributed by atoms with Crippen molar-refractivity contribution in [2.45, 2.75) is 19.9 Å². The third-order valence-corrected chi connectivity index (χ3v) is 6.51. The minimum Gasteiger partial charge on any atom is -0.333 e. The summed E-state index contributed by atoms with van der Waals surface area (Å²) in [4.78, 5) is 33.1. The van der Waals surface area contributed by atoms with Crippen molar-refractivity contribution in [2.24, 2.45) is 0 Å². The number of nitrogens with one attached hydrogen (secondary N) is 1. The molecule has 3 heterocycles. The number of hydrogen-bond donors (Lipinski definition) is 1. The predicted molar refractivity (Wildman–Crippen MR) is 123 cm³/mol. The Kier molecular flexibility index (Phi) is 5.28. The Labute approximate surface area is 189 Å². The number of anilines is 1. The van der Waals surface area contributed by atoms with Gasteiger partial charge in [0.1, 0.15) is 0 Å². The zero-order valence-corrected chi connectivity index (χ0v) is 18.3. The first-order valence-corrected chi connectivity index (χ1v) is 11.2. The maximum Gasteiger partial charge on any atom is 0.260 e. The van der Waals surface area contributed by atoms with Gasteiger partial charge in [0.05, 0.1) is 35.4 Å². The molecule has 4 aromatic rings. The van der Waals surface area contributed by atoms with E-state index >= 15 is 0 Å². The van der Waals surface area contributed by atoms with E-state index in [-0.39, 0.29) is 11.8 Å². The standard InChI is InChI=1S/C24H21N5O2S/c1-16-19(14-25-29(16)18-10-6-3-7-11-18)22(30)27-24-26-20-12-13-28(15-21(20)32-24)23(31)17-8-4-2-5-9-17/h2-11,14H,12-13,15H2,1H3,(H,26,27,30). The highest BCUT2D eigenvalue weighted by atomic mass is 32.1. The summed E-state index contributed by atoms with van der Waals surface area (Å²) >= 11 is 1.42. The SMILES string of the molecule is Cc1c(C(=O)Nc2nc3c(s2)CN(C(=O)c2ccccc2)CC3)cnn1-c1ccccc1. The van der Waals surface area contributed by atoms with E-state index in [2.05, 4.69) is 15.4 Å². The first-order valence-electron chi connectivity index (χ1n) is 10.3. The molecule has 0 radical (unpaired) electrons. The van der Waals surface area contributed by atoms with Crippen LogP contribution in [-0.4, -0.2) is 38.0 Å². The molecule has 160 valence electrons. The Bertz CT molecular complexity index is 1280. The molecule has 0 aliphatic carbocycles. The van der Waals surface area contributed by atoms with Gasteiger partial charge in [-0.15, -0.1) is 0 Å². The number of aromatic nitrogens is 3. The molecule has 2 aromatic carbocycles. The van der Waals surface area contributed by atoms with Crippen molar-refractivity contribution >= 4 is 28.3 Å². The van der Waals surface area contributed by atoms with Gasteiger partial charge >= 0.3 is 0 Å². The Balaban J connectivity index is 1.30. The van der Waals surface area contributed by atoms with Gasteiger partial charge in [0.25, 0.3) is 11.8 Å². The largest absolute Gasteiger partial charge is 0.333 e. The summed E-state index contributed by atoms with van der Waals surface area (Å²) in [5.74, 6) is -0.229. The zero-order valence-electron chi connectivity index (χ0n) is 17.5. The van der Waals surface area contributed by atoms with Crippen LogP contribution < -0.4 is 5.32 Å². The average molecular weight is 444 g/mol. The smallest absolute Gasteiger partial charge is 0.260 e. The number of para-hydroxylation sites is 1. The Hall–Kier alpha value is -3.78. The number of amides is 2. The lowest BCUT2D eigenvalue weighted by atomic mass is 10.1. The first-order chi connectivity index (χ1) is 15.6. The highest BCUT2D eigenvalue weighted by Crippen LogP contribution is 2.29. The molecule has 0 saturated heterocycles. The maximum atomic E-state index is 12.9. The van der Waals surface area contributed by atoms with Gasteiger partial charge in [-0.3, -0.25) is 14.9 Å². The number of benzene rings is 2. The van der Waals surface area contributed by atoms with Crippen LogP contribution in [-0.2, 0) is 13.0 Å². The van der Waals surface area contributed by atoms with Crippen LogP contribution in [0.1, 0.15) is 37.0 Å². The van der Waals surface area contributed by atoms with Gasteiger partial charge in [-0.25, -0.2) is 9.67 Å². The van der Waals surface area contributed by atoms with E-state index in [0.717, 1.165) is 22.0 Å². The van der Waals surface area contributed by atoms with Gasteiger partial charge < -0.3 is 4.90 Å². The van der Waals surface area contributed by atoms with Gasteiger partial charge in [-0.2, -0.15) is 5.10 Å². The minimum atomic E-state index is -0.243. The average Bonchev–Trinajstić information content (AvgIpc) is 3.41. The van der Waals surface area contributed by atoms with Crippen molar-refractivity contribution < 1.29 is 9.59 Å². The van der Waals surface area contributed by atoms with E-state index in [1.54, 1.807) is 10.9 Å². The molecule has 32 heavy (non-hydrogen) atoms. The first kappa shape index (κ1) is 20.1. The number of thiazole rings is 1. The van der Waals surface area contributed by atoms with Crippen molar-refractivity contribution in [3.63, 3.8) is 0 Å². The van der Waals surface area contributed by atoms with E-state index < -0.39 is 0 Å². The van der Waals surface area contributed by atoms with E-state index in [0.29, 0.717) is 35.8 Å². The van der Waals surface area contributed by atoms with Gasteiger partial charge in [-0.05, 0) is 31.2 Å². The summed E-state index contributed by atoms with van der Waals surface area (Å²) in [6.07, 6.45) is 2.25. The fourth-order valence-corrected chi connectivity index (χ4v) is 4.83. The van der Waals surface area contributed by atoms with Crippen LogP contribution in [0.4, 0.5) is 5.13 Å². The molecule has 2 aromatic heterocycles. The Morgan fingerprint density at radius 2 is 1.75 bits per heavy atom. The van der Waals surface area contributed by atoms with E-state index in [1.807, 2.05) is 72.5 Å². The van der Waals surface area contributed by atoms with Crippen molar-refractivity contribution in [1.82, 2.24) is 19.7 Å². The highest BCUT2D eigenvalue weighted by molar-refractivity contribution is 7.15. The molecule has 2 amide bonds. The van der Waals surface area contributed by atoms with Crippen LogP contribution in [0.2, 0.25) is 0 Å². The molecule has 1 aliphatic heterocycles. The van der Waals surface area contributed by atoms with Crippen molar-refractivity contribution in [3.05, 3.63) is 94.3 Å². The molecule has 1 aliphatic rings. The van der Waals surface area contributed by atoms with Gasteiger partial charge in [0.15, 0.2) is 5.13 Å². The molecule has 0 atom stereocenters. The summed E-state index contributed by atoms with van der Waals surface area (Å²) in [5, 5.41) is 7.82. The number of hydrogen-bond acceptors (Lipinski definition) is 5. The fourth-order valence-electron chi connectivity index (χ4n) is 3.81. The summed E-state index contributed by atoms with van der Waals surface area (Å²) in [6, 6.07) is 19.0. The number of fused-ring (bicyclic) bond motifs is 1. The van der Waals surface area contributed by atoms with Gasteiger partial charge in [0, 0.05) is 23.4 Å². The second kappa shape index (κ2) is 8.39. The maximum absolute atomic E-state index is 12.9. The second-order valence-electron chi connectivity index (χ2n) is 7.58. The van der Waals surface area contributed by atoms with Crippen LogP contribution in [0.15, 0.2) is 66.9 Å². The Morgan fingerprint density at radius 3 is 2.50 bits per heavy atom. The van der Waals surface area contributed by atoms with Crippen LogP contribution in [0.5, 0.6) is 0 Å². The third-order valence-electron chi connectivity index (χ3n) is 5.51. The van der Waals surface area contributed by atoms with E-state index in [9.17, 15) is 9.59 Å². The lowest BCUT2D eigenvalue weighted by Crippen LogP contribution is -2.35. The lowest BCUT2D eigenvalue weighted by molar-refractivity contribution is 0.0736. The van der Waals surface area contributed by atoms with Gasteiger partial charge in [0.2, 0.25) is 0 Å². The van der Waals surface area contributed by atoms with E-state index in [1.165, 1.54) is 11.3 Å². The molecule has 0 unspecified atom stereocenters. The number of carbonyl (C=O) groups is 2. The molecule has 1 N–H and O–H groups in total. The van der Waals surface area contributed by atoms with Crippen LogP contribution in [0.25, 0.3) is 5.69 Å². The monoisotopic (exact) mass is 443 g/mol. The molecule has 8 heteroatoms. The molecule has 0 spiro atoms.